The minimum Gasteiger partial charge on any atom is -0.354 e. The molecule has 0 saturated carbocycles. The molecule has 0 bridgehead atoms. The number of hydrogen-bond acceptors (Lipinski definition) is 4. The molecule has 0 radical (unpaired) electrons. The zero-order valence-electron chi connectivity index (χ0n) is 10.0. The highest BCUT2D eigenvalue weighted by Crippen LogP contribution is 2.25. The summed E-state index contributed by atoms with van der Waals surface area (Å²) in [5.41, 5.74) is 0.505. The molecule has 0 spiro atoms. The summed E-state index contributed by atoms with van der Waals surface area (Å²) >= 11 is 11.6. The molecule has 0 fully saturated rings. The Morgan fingerprint density at radius 2 is 2.05 bits per heavy atom. The van der Waals surface area contributed by atoms with Gasteiger partial charge in [-0.1, -0.05) is 23.2 Å². The maximum atomic E-state index is 13.3. The second-order valence-corrected chi connectivity index (χ2v) is 4.49. The molecule has 1 aromatic carbocycles. The summed E-state index contributed by atoms with van der Waals surface area (Å²) in [7, 11) is 0. The Bertz CT molecular complexity index is 592. The third kappa shape index (κ3) is 3.45. The van der Waals surface area contributed by atoms with Crippen LogP contribution in [-0.4, -0.2) is 16.5 Å². The lowest BCUT2D eigenvalue weighted by Gasteiger charge is -2.09. The predicted octanol–water partition coefficient (Wildman–Crippen LogP) is 4.10. The summed E-state index contributed by atoms with van der Waals surface area (Å²) < 4.78 is 13.3. The molecule has 4 nitrogen and oxygen atoms in total. The van der Waals surface area contributed by atoms with Crippen molar-refractivity contribution in [3.05, 3.63) is 40.3 Å². The molecule has 19 heavy (non-hydrogen) atoms. The van der Waals surface area contributed by atoms with Gasteiger partial charge in [-0.05, 0) is 25.1 Å². The second-order valence-electron chi connectivity index (χ2n) is 3.67. The Morgan fingerprint density at radius 3 is 2.74 bits per heavy atom. The predicted molar refractivity (Wildman–Crippen MR) is 75.9 cm³/mol. The SMILES string of the molecule is CCNc1ncc(Cl)c(Nc2ccc(Cl)c(F)c2)n1. The van der Waals surface area contributed by atoms with Crippen molar-refractivity contribution in [1.82, 2.24) is 9.97 Å². The van der Waals surface area contributed by atoms with E-state index < -0.39 is 5.82 Å². The Kier molecular flexibility index (Phi) is 4.39. The van der Waals surface area contributed by atoms with Crippen LogP contribution < -0.4 is 10.6 Å². The van der Waals surface area contributed by atoms with Gasteiger partial charge in [0, 0.05) is 12.2 Å². The van der Waals surface area contributed by atoms with Crippen LogP contribution in [0.2, 0.25) is 10.0 Å². The topological polar surface area (TPSA) is 49.8 Å². The van der Waals surface area contributed by atoms with Gasteiger partial charge in [0.05, 0.1) is 11.2 Å². The molecule has 2 aromatic rings. The minimum absolute atomic E-state index is 0.0627. The molecule has 0 saturated heterocycles. The van der Waals surface area contributed by atoms with Gasteiger partial charge >= 0.3 is 0 Å². The van der Waals surface area contributed by atoms with Gasteiger partial charge in [0.2, 0.25) is 5.95 Å². The number of benzene rings is 1. The largest absolute Gasteiger partial charge is 0.354 e. The molecule has 2 rings (SSSR count). The van der Waals surface area contributed by atoms with Crippen molar-refractivity contribution in [3.8, 4) is 0 Å². The molecule has 0 unspecified atom stereocenters. The van der Waals surface area contributed by atoms with Crippen LogP contribution in [0.4, 0.5) is 21.8 Å². The maximum absolute atomic E-state index is 13.3. The minimum atomic E-state index is -0.510. The number of halogens is 3. The van der Waals surface area contributed by atoms with Gasteiger partial charge in [0.15, 0.2) is 5.82 Å². The van der Waals surface area contributed by atoms with Crippen molar-refractivity contribution < 1.29 is 4.39 Å². The van der Waals surface area contributed by atoms with Gasteiger partial charge in [-0.25, -0.2) is 9.37 Å². The first-order valence-corrected chi connectivity index (χ1v) is 6.34. The van der Waals surface area contributed by atoms with E-state index in [1.54, 1.807) is 6.07 Å². The van der Waals surface area contributed by atoms with Crippen LogP contribution in [0.25, 0.3) is 0 Å². The van der Waals surface area contributed by atoms with Crippen LogP contribution in [0.15, 0.2) is 24.4 Å². The molecular formula is C12H11Cl2FN4. The zero-order chi connectivity index (χ0) is 13.8. The van der Waals surface area contributed by atoms with E-state index in [-0.39, 0.29) is 5.02 Å². The van der Waals surface area contributed by atoms with Gasteiger partial charge in [0.25, 0.3) is 0 Å². The van der Waals surface area contributed by atoms with Crippen molar-refractivity contribution in [2.24, 2.45) is 0 Å². The molecule has 1 aromatic heterocycles. The van der Waals surface area contributed by atoms with Crippen LogP contribution in [-0.2, 0) is 0 Å². The quantitative estimate of drug-likeness (QED) is 0.892. The molecule has 0 aliphatic heterocycles. The average molecular weight is 301 g/mol. The summed E-state index contributed by atoms with van der Waals surface area (Å²) in [5.74, 6) is 0.335. The molecule has 0 atom stereocenters. The van der Waals surface area contributed by atoms with Crippen molar-refractivity contribution in [2.75, 3.05) is 17.2 Å². The van der Waals surface area contributed by atoms with Crippen LogP contribution >= 0.6 is 23.2 Å². The summed E-state index contributed by atoms with van der Waals surface area (Å²) in [4.78, 5) is 8.20. The molecule has 0 amide bonds. The fraction of sp³-hybridized carbons (Fsp3) is 0.167. The second kappa shape index (κ2) is 6.04. The van der Waals surface area contributed by atoms with Gasteiger partial charge in [-0.2, -0.15) is 4.98 Å². The van der Waals surface area contributed by atoms with Gasteiger partial charge in [-0.15, -0.1) is 0 Å². The lowest BCUT2D eigenvalue weighted by molar-refractivity contribution is 0.629. The molecule has 0 aliphatic carbocycles. The van der Waals surface area contributed by atoms with Crippen molar-refractivity contribution in [1.29, 1.82) is 0 Å². The van der Waals surface area contributed by atoms with E-state index in [1.807, 2.05) is 6.92 Å². The van der Waals surface area contributed by atoms with E-state index in [0.29, 0.717) is 29.0 Å². The highest BCUT2D eigenvalue weighted by Gasteiger charge is 2.07. The molecule has 2 N–H and O–H groups in total. The van der Waals surface area contributed by atoms with Crippen LogP contribution in [0.3, 0.4) is 0 Å². The zero-order valence-corrected chi connectivity index (χ0v) is 11.6. The third-order valence-corrected chi connectivity index (χ3v) is 2.84. The fourth-order valence-electron chi connectivity index (χ4n) is 1.41. The Balaban J connectivity index is 2.26. The first-order valence-electron chi connectivity index (χ1n) is 5.58. The highest BCUT2D eigenvalue weighted by molar-refractivity contribution is 6.33. The van der Waals surface area contributed by atoms with E-state index in [0.717, 1.165) is 0 Å². The van der Waals surface area contributed by atoms with E-state index in [2.05, 4.69) is 20.6 Å². The van der Waals surface area contributed by atoms with Crippen LogP contribution in [0.5, 0.6) is 0 Å². The third-order valence-electron chi connectivity index (χ3n) is 2.26. The normalized spacial score (nSPS) is 10.3. The van der Waals surface area contributed by atoms with Crippen LogP contribution in [0, 0.1) is 5.82 Å². The number of rotatable bonds is 4. The summed E-state index contributed by atoms with van der Waals surface area (Å²) in [5, 5.41) is 6.29. The van der Waals surface area contributed by atoms with Crippen molar-refractivity contribution in [3.63, 3.8) is 0 Å². The Morgan fingerprint density at radius 1 is 1.26 bits per heavy atom. The van der Waals surface area contributed by atoms with E-state index in [1.165, 1.54) is 18.3 Å². The molecule has 100 valence electrons. The van der Waals surface area contributed by atoms with E-state index in [4.69, 9.17) is 23.2 Å². The number of hydrogen-bond donors (Lipinski definition) is 2. The molecular weight excluding hydrogens is 290 g/mol. The smallest absolute Gasteiger partial charge is 0.224 e. The number of anilines is 3. The summed E-state index contributed by atoms with van der Waals surface area (Å²) in [6.45, 7) is 2.62. The van der Waals surface area contributed by atoms with Gasteiger partial charge in [0.1, 0.15) is 10.8 Å². The van der Waals surface area contributed by atoms with Crippen molar-refractivity contribution in [2.45, 2.75) is 6.92 Å². The van der Waals surface area contributed by atoms with Gasteiger partial charge in [-0.3, -0.25) is 0 Å². The molecule has 7 heteroatoms. The van der Waals surface area contributed by atoms with E-state index >= 15 is 0 Å². The number of nitrogens with zero attached hydrogens (tertiary/aromatic N) is 2. The van der Waals surface area contributed by atoms with Crippen molar-refractivity contribution >= 4 is 40.7 Å². The first kappa shape index (κ1) is 13.8. The Labute approximate surface area is 120 Å². The lowest BCUT2D eigenvalue weighted by atomic mass is 10.3. The van der Waals surface area contributed by atoms with Gasteiger partial charge < -0.3 is 10.6 Å². The number of aromatic nitrogens is 2. The summed E-state index contributed by atoms with van der Waals surface area (Å²) in [6.07, 6.45) is 1.47. The highest BCUT2D eigenvalue weighted by atomic mass is 35.5. The summed E-state index contributed by atoms with van der Waals surface area (Å²) in [6, 6.07) is 4.37. The van der Waals surface area contributed by atoms with Crippen LogP contribution in [0.1, 0.15) is 6.92 Å². The molecule has 0 aliphatic rings. The fourth-order valence-corrected chi connectivity index (χ4v) is 1.66. The standard InChI is InChI=1S/C12H11Cl2FN4/c1-2-16-12-17-6-9(14)11(19-12)18-7-3-4-8(13)10(15)5-7/h3-6H,2H2,1H3,(H2,16,17,18,19). The first-order chi connectivity index (χ1) is 9.10. The molecule has 1 heterocycles. The monoisotopic (exact) mass is 300 g/mol. The average Bonchev–Trinajstić information content (AvgIpc) is 2.38. The van der Waals surface area contributed by atoms with E-state index in [9.17, 15) is 4.39 Å². The number of nitrogens with one attached hydrogen (secondary N) is 2. The lowest BCUT2D eigenvalue weighted by Crippen LogP contribution is -2.04. The maximum Gasteiger partial charge on any atom is 0.224 e. The Hall–Kier alpha value is -1.59.